The minimum atomic E-state index is -0.764. The fourth-order valence-corrected chi connectivity index (χ4v) is 6.72. The molecule has 0 rings (SSSR count). The Kier molecular flexibility index (Phi) is 41.4. The van der Waals surface area contributed by atoms with Crippen molar-refractivity contribution in [2.45, 2.75) is 258 Å². The first-order chi connectivity index (χ1) is 26.0. The smallest absolute Gasteiger partial charge is 0.306 e. The number of ether oxygens (including phenoxy) is 3. The Hall–Kier alpha value is -1.85. The Balaban J connectivity index is 4.17. The number of rotatable bonds is 42. The Morgan fingerprint density at radius 3 is 1.00 bits per heavy atom. The highest BCUT2D eigenvalue weighted by atomic mass is 16.6. The zero-order valence-corrected chi connectivity index (χ0v) is 35.6. The molecule has 0 amide bonds. The first-order valence-electron chi connectivity index (χ1n) is 23.2. The molecule has 0 aliphatic carbocycles. The van der Waals surface area contributed by atoms with Gasteiger partial charge in [0, 0.05) is 19.3 Å². The highest BCUT2D eigenvalue weighted by Gasteiger charge is 2.19. The summed E-state index contributed by atoms with van der Waals surface area (Å²) in [6, 6.07) is 0. The van der Waals surface area contributed by atoms with Gasteiger partial charge in [0.15, 0.2) is 6.10 Å². The summed E-state index contributed by atoms with van der Waals surface area (Å²) in [6.45, 7) is 6.55. The van der Waals surface area contributed by atoms with Crippen LogP contribution in [0, 0.1) is 0 Å². The molecular weight excluding hydrogens is 661 g/mol. The largest absolute Gasteiger partial charge is 0.462 e. The molecule has 6 heteroatoms. The average Bonchev–Trinajstić information content (AvgIpc) is 3.15. The maximum absolute atomic E-state index is 12.6. The van der Waals surface area contributed by atoms with Crippen LogP contribution in [0.5, 0.6) is 0 Å². The number of carbonyl (C=O) groups is 3. The van der Waals surface area contributed by atoms with Crippen LogP contribution in [0.2, 0.25) is 0 Å². The van der Waals surface area contributed by atoms with Crippen molar-refractivity contribution in [3.63, 3.8) is 0 Å². The zero-order valence-electron chi connectivity index (χ0n) is 35.6. The second-order valence-electron chi connectivity index (χ2n) is 15.7. The second kappa shape index (κ2) is 42.9. The summed E-state index contributed by atoms with van der Waals surface area (Å²) in [6.07, 6.45) is 45.0. The molecule has 0 radical (unpaired) electrons. The number of carbonyl (C=O) groups excluding carboxylic acids is 3. The first-order valence-corrected chi connectivity index (χ1v) is 23.2. The summed E-state index contributed by atoms with van der Waals surface area (Å²) < 4.78 is 16.6. The molecule has 0 spiro atoms. The van der Waals surface area contributed by atoms with Gasteiger partial charge in [0.25, 0.3) is 0 Å². The van der Waals surface area contributed by atoms with E-state index in [-0.39, 0.29) is 31.1 Å². The maximum Gasteiger partial charge on any atom is 0.306 e. The molecule has 0 saturated carbocycles. The number of unbranched alkanes of at least 4 members (excludes halogenated alkanes) is 29. The molecule has 0 saturated heterocycles. The van der Waals surface area contributed by atoms with Gasteiger partial charge >= 0.3 is 17.9 Å². The van der Waals surface area contributed by atoms with Crippen molar-refractivity contribution in [1.82, 2.24) is 0 Å². The van der Waals surface area contributed by atoms with E-state index in [9.17, 15) is 14.4 Å². The van der Waals surface area contributed by atoms with Crippen molar-refractivity contribution in [2.24, 2.45) is 0 Å². The monoisotopic (exact) mass is 749 g/mol. The van der Waals surface area contributed by atoms with Gasteiger partial charge in [-0.1, -0.05) is 206 Å². The topological polar surface area (TPSA) is 78.9 Å². The molecule has 0 aromatic rings. The van der Waals surface area contributed by atoms with E-state index >= 15 is 0 Å². The van der Waals surface area contributed by atoms with Crippen LogP contribution in [0.3, 0.4) is 0 Å². The summed E-state index contributed by atoms with van der Waals surface area (Å²) in [5, 5.41) is 0. The van der Waals surface area contributed by atoms with Crippen molar-refractivity contribution in [2.75, 3.05) is 13.2 Å². The first kappa shape index (κ1) is 51.1. The molecule has 0 N–H and O–H groups in total. The molecule has 0 aliphatic heterocycles. The lowest BCUT2D eigenvalue weighted by molar-refractivity contribution is -0.167. The van der Waals surface area contributed by atoms with Gasteiger partial charge in [0.1, 0.15) is 13.2 Å². The van der Waals surface area contributed by atoms with Gasteiger partial charge in [-0.3, -0.25) is 14.4 Å². The van der Waals surface area contributed by atoms with Gasteiger partial charge in [-0.05, 0) is 38.5 Å². The minimum Gasteiger partial charge on any atom is -0.462 e. The Morgan fingerprint density at radius 1 is 0.358 bits per heavy atom. The minimum absolute atomic E-state index is 0.0697. The standard InChI is InChI=1S/C47H88O6/c1-4-7-10-13-16-18-20-21-22-23-24-25-26-28-29-31-34-37-40-46(49)52-43-44(42-51-45(48)39-36-33-15-12-9-6-3)53-47(50)41-38-35-32-30-27-19-17-14-11-8-5-2/h14,17,44H,4-13,15-16,18-43H2,1-3H3/b17-14-. The van der Waals surface area contributed by atoms with Crippen LogP contribution in [-0.2, 0) is 28.6 Å². The van der Waals surface area contributed by atoms with Gasteiger partial charge in [-0.25, -0.2) is 0 Å². The predicted octanol–water partition coefficient (Wildman–Crippen LogP) is 14.6. The Morgan fingerprint density at radius 2 is 0.642 bits per heavy atom. The normalized spacial score (nSPS) is 12.0. The predicted molar refractivity (Wildman–Crippen MR) is 224 cm³/mol. The van der Waals surface area contributed by atoms with Crippen molar-refractivity contribution in [3.05, 3.63) is 12.2 Å². The lowest BCUT2D eigenvalue weighted by Crippen LogP contribution is -2.30. The van der Waals surface area contributed by atoms with E-state index in [1.165, 1.54) is 148 Å². The van der Waals surface area contributed by atoms with Gasteiger partial charge < -0.3 is 14.2 Å². The van der Waals surface area contributed by atoms with Gasteiger partial charge in [0.05, 0.1) is 0 Å². The summed E-state index contributed by atoms with van der Waals surface area (Å²) >= 11 is 0. The molecule has 53 heavy (non-hydrogen) atoms. The Labute approximate surface area is 329 Å². The van der Waals surface area contributed by atoms with E-state index in [0.29, 0.717) is 19.3 Å². The third kappa shape index (κ3) is 41.2. The van der Waals surface area contributed by atoms with E-state index in [1.54, 1.807) is 0 Å². The van der Waals surface area contributed by atoms with Crippen LogP contribution in [0.15, 0.2) is 12.2 Å². The molecule has 1 unspecified atom stereocenters. The Bertz CT molecular complexity index is 824. The van der Waals surface area contributed by atoms with Crippen LogP contribution >= 0.6 is 0 Å². The fraction of sp³-hybridized carbons (Fsp3) is 0.894. The fourth-order valence-electron chi connectivity index (χ4n) is 6.72. The summed E-state index contributed by atoms with van der Waals surface area (Å²) in [4.78, 5) is 37.5. The van der Waals surface area contributed by atoms with Crippen molar-refractivity contribution < 1.29 is 28.6 Å². The van der Waals surface area contributed by atoms with Crippen LogP contribution < -0.4 is 0 Å². The van der Waals surface area contributed by atoms with Gasteiger partial charge in [-0.2, -0.15) is 0 Å². The molecule has 0 heterocycles. The van der Waals surface area contributed by atoms with Crippen molar-refractivity contribution in [1.29, 1.82) is 0 Å². The lowest BCUT2D eigenvalue weighted by atomic mass is 10.0. The second-order valence-corrected chi connectivity index (χ2v) is 15.7. The molecular formula is C47H88O6. The average molecular weight is 749 g/mol. The molecule has 0 aliphatic rings. The van der Waals surface area contributed by atoms with Crippen LogP contribution in [0.1, 0.15) is 252 Å². The number of hydrogen-bond acceptors (Lipinski definition) is 6. The summed E-state index contributed by atoms with van der Waals surface area (Å²) in [5.41, 5.74) is 0. The van der Waals surface area contributed by atoms with Crippen LogP contribution in [-0.4, -0.2) is 37.2 Å². The molecule has 0 aromatic carbocycles. The summed E-state index contributed by atoms with van der Waals surface area (Å²) in [7, 11) is 0. The highest BCUT2D eigenvalue weighted by Crippen LogP contribution is 2.16. The summed E-state index contributed by atoms with van der Waals surface area (Å²) in [5.74, 6) is -0.881. The van der Waals surface area contributed by atoms with E-state index < -0.39 is 6.10 Å². The van der Waals surface area contributed by atoms with Crippen LogP contribution in [0.25, 0.3) is 0 Å². The third-order valence-electron chi connectivity index (χ3n) is 10.3. The number of esters is 3. The van der Waals surface area contributed by atoms with E-state index in [4.69, 9.17) is 14.2 Å². The SMILES string of the molecule is CCCC/C=C\CCCCCCCC(=O)OC(COC(=O)CCCCCCCC)COC(=O)CCCCCCCCCCCCCCCCCCCC. The van der Waals surface area contributed by atoms with Gasteiger partial charge in [-0.15, -0.1) is 0 Å². The van der Waals surface area contributed by atoms with E-state index in [1.807, 2.05) is 0 Å². The molecule has 1 atom stereocenters. The van der Waals surface area contributed by atoms with Gasteiger partial charge in [0.2, 0.25) is 0 Å². The van der Waals surface area contributed by atoms with E-state index in [0.717, 1.165) is 64.2 Å². The van der Waals surface area contributed by atoms with Crippen LogP contribution in [0.4, 0.5) is 0 Å². The molecule has 0 fully saturated rings. The maximum atomic E-state index is 12.6. The third-order valence-corrected chi connectivity index (χ3v) is 10.3. The molecule has 6 nitrogen and oxygen atoms in total. The molecule has 0 bridgehead atoms. The van der Waals surface area contributed by atoms with E-state index in [2.05, 4.69) is 32.9 Å². The van der Waals surface area contributed by atoms with Crippen molar-refractivity contribution >= 4 is 17.9 Å². The number of hydrogen-bond donors (Lipinski definition) is 0. The highest BCUT2D eigenvalue weighted by molar-refractivity contribution is 5.71. The lowest BCUT2D eigenvalue weighted by Gasteiger charge is -2.18. The number of allylic oxidation sites excluding steroid dienone is 2. The quantitative estimate of drug-likeness (QED) is 0.0268. The zero-order chi connectivity index (χ0) is 38.7. The van der Waals surface area contributed by atoms with Crippen molar-refractivity contribution in [3.8, 4) is 0 Å². The molecule has 312 valence electrons. The molecule has 0 aromatic heterocycles.